The molecule has 8 nitrogen and oxygen atoms in total. The molecular weight excluding hydrogens is 1760 g/mol. The molecule has 4 radical (unpaired) electrons. The van der Waals surface area contributed by atoms with E-state index >= 15 is 0 Å². The zero-order chi connectivity index (χ0) is 74.3. The Kier molecular flexibility index (Phi) is 27.4. The van der Waals surface area contributed by atoms with Gasteiger partial charge in [-0.2, -0.15) is 0 Å². The molecule has 1 heterocycles. The maximum atomic E-state index is 9.23. The maximum absolute atomic E-state index is 9.23. The third kappa shape index (κ3) is 16.6. The molecule has 1 aliphatic rings. The molecule has 1 aliphatic heterocycles. The minimum absolute atomic E-state index is 0. The van der Waals surface area contributed by atoms with Gasteiger partial charge in [0, 0.05) is 0 Å². The monoisotopic (exact) mass is 1870 g/mol. The van der Waals surface area contributed by atoms with E-state index in [1.54, 1.807) is 0 Å². The second-order valence-corrected chi connectivity index (χ2v) is 60.9. The molecular formula is C96H108O8Sn4. The van der Waals surface area contributed by atoms with Gasteiger partial charge in [-0.25, -0.2) is 0 Å². The molecule has 13 rings (SSSR count). The third-order valence-corrected chi connectivity index (χ3v) is 64.8. The van der Waals surface area contributed by atoms with E-state index in [9.17, 15) is 5.65 Å². The zero-order valence-electron chi connectivity index (χ0n) is 67.8. The summed E-state index contributed by atoms with van der Waals surface area (Å²) in [5, 5.41) is 0. The fourth-order valence-electron chi connectivity index (χ4n) is 18.4. The van der Waals surface area contributed by atoms with Gasteiger partial charge >= 0.3 is 661 Å². The second-order valence-electron chi connectivity index (χ2n) is 30.7. The number of rotatable bonds is 12. The minimum atomic E-state index is -4.51. The first kappa shape index (κ1) is 85.5. The summed E-state index contributed by atoms with van der Waals surface area (Å²) in [6.45, 7) is 54.7. The molecule has 0 aliphatic carbocycles. The molecule has 0 atom stereocenters. The van der Waals surface area contributed by atoms with Crippen LogP contribution in [0, 0.1) is 166 Å². The van der Waals surface area contributed by atoms with Crippen molar-refractivity contribution in [1.29, 1.82) is 0 Å². The average Bonchev–Trinajstić information content (AvgIpc) is 0.732. The van der Waals surface area contributed by atoms with Crippen LogP contribution in [0.5, 0.6) is 0 Å². The van der Waals surface area contributed by atoms with Crippen molar-refractivity contribution in [3.63, 3.8) is 0 Å². The van der Waals surface area contributed by atoms with Crippen LogP contribution in [0.15, 0.2) is 170 Å². The van der Waals surface area contributed by atoms with E-state index in [-0.39, 0.29) is 21.9 Å². The van der Waals surface area contributed by atoms with Gasteiger partial charge in [0.05, 0.1) is 0 Å². The first-order valence-corrected chi connectivity index (χ1v) is 51.9. The van der Waals surface area contributed by atoms with Gasteiger partial charge in [0.25, 0.3) is 0 Å². The quantitative estimate of drug-likeness (QED) is 0.111. The number of aryl methyl sites for hydroxylation is 24. The molecule has 1 fully saturated rings. The Hall–Kier alpha value is -6.49. The molecule has 108 heavy (non-hydrogen) atoms. The van der Waals surface area contributed by atoms with Crippen LogP contribution in [0.3, 0.4) is 0 Å². The minimum Gasteiger partial charge on any atom is -0.412 e. The molecule has 1 saturated heterocycles. The van der Waals surface area contributed by atoms with Gasteiger partial charge < -0.3 is 21.9 Å². The molecule has 12 aromatic rings. The predicted octanol–water partition coefficient (Wildman–Crippen LogP) is 19.1. The van der Waals surface area contributed by atoms with E-state index in [2.05, 4.69) is 336 Å². The Labute approximate surface area is 676 Å². The van der Waals surface area contributed by atoms with Crippen molar-refractivity contribution < 1.29 is 27.6 Å². The summed E-state index contributed by atoms with van der Waals surface area (Å²) in [5.41, 5.74) is 48.8. The zero-order valence-corrected chi connectivity index (χ0v) is 79.2. The van der Waals surface area contributed by atoms with Gasteiger partial charge in [0.15, 0.2) is 0 Å². The van der Waals surface area contributed by atoms with Crippen LogP contribution in [0.25, 0.3) is 89.0 Å². The van der Waals surface area contributed by atoms with Crippen LogP contribution in [0.2, 0.25) is 0 Å². The Morgan fingerprint density at radius 1 is 0.157 bits per heavy atom. The Morgan fingerprint density at radius 3 is 0.343 bits per heavy atom. The second kappa shape index (κ2) is 34.6. The Morgan fingerprint density at radius 2 is 0.250 bits per heavy atom. The first-order chi connectivity index (χ1) is 49.5. The van der Waals surface area contributed by atoms with Crippen LogP contribution in [-0.4, -0.2) is 104 Å². The van der Waals surface area contributed by atoms with Crippen molar-refractivity contribution in [1.82, 2.24) is 0 Å². The summed E-state index contributed by atoms with van der Waals surface area (Å²) in [6, 6.07) is 66.3. The standard InChI is InChI=1S/4C24H25.4H2O.4O.4Sn/c4*1-15-10-17(3)23(18(4)11-15)21-8-7-9-22(14-21)24-19(5)12-16(2)13-20(24)6;;;;;;;;;;;;/h4*7-13H,1-6H3;4*1H2;;;;;;;;. The fourth-order valence-corrected chi connectivity index (χ4v) is 86.1. The van der Waals surface area contributed by atoms with Gasteiger partial charge in [-0.1, -0.05) is 0 Å². The van der Waals surface area contributed by atoms with Gasteiger partial charge in [-0.05, 0) is 0 Å². The SMILES string of the molecule is Cc1cc(C)c(-c2cccc(-c3c(C)cc(C)cc3C)[c]2[Sn]2[O][Sn]([c]3c(-c4c(C)cc(C)cc4C)cccc3-c3c(C)cc(C)cc3C)[O][Sn]([c]3c(-c4c(C)cc(C)cc4C)cccc3-c3c(C)cc(C)cc3C)[O][Sn]([c]3c(-c4c(C)cc(C)cc4C)cccc3-c3c(C)cc(C)cc3C)[O]2)c(C)c1.O.O.O.O. The Bertz CT molecular complexity index is 4330. The molecule has 0 aromatic heterocycles. The fraction of sp³-hybridized carbons (Fsp3) is 0.250. The largest absolute Gasteiger partial charge is 0.412 e. The molecule has 0 saturated carbocycles. The summed E-state index contributed by atoms with van der Waals surface area (Å²) in [6.07, 6.45) is 0. The van der Waals surface area contributed by atoms with Crippen LogP contribution in [-0.2, 0) is 5.65 Å². The van der Waals surface area contributed by atoms with E-state index in [1.807, 2.05) is 0 Å². The normalized spacial score (nSPS) is 13.0. The van der Waals surface area contributed by atoms with E-state index in [4.69, 9.17) is 0 Å². The smallest absolute Gasteiger partial charge is 0.412 e. The van der Waals surface area contributed by atoms with Crippen molar-refractivity contribution in [3.8, 4) is 89.0 Å². The number of benzene rings is 12. The number of hydrogen-bond acceptors (Lipinski definition) is 4. The van der Waals surface area contributed by atoms with Gasteiger partial charge in [0.1, 0.15) is 0 Å². The van der Waals surface area contributed by atoms with Crippen molar-refractivity contribution in [3.05, 3.63) is 303 Å². The summed E-state index contributed by atoms with van der Waals surface area (Å²) >= 11 is -18.0. The molecule has 0 amide bonds. The van der Waals surface area contributed by atoms with Crippen molar-refractivity contribution >= 4 is 96.7 Å². The maximum Gasteiger partial charge on any atom is -0.412 e. The van der Waals surface area contributed by atoms with E-state index < -0.39 is 82.4 Å². The van der Waals surface area contributed by atoms with Crippen LogP contribution in [0.1, 0.15) is 134 Å². The van der Waals surface area contributed by atoms with E-state index in [1.165, 1.54) is 237 Å². The number of hydrogen-bond donors (Lipinski definition) is 0. The first-order valence-electron chi connectivity index (χ1n) is 36.8. The molecule has 12 heteroatoms. The van der Waals surface area contributed by atoms with Crippen molar-refractivity contribution in [2.75, 3.05) is 0 Å². The van der Waals surface area contributed by atoms with Crippen LogP contribution in [0.4, 0.5) is 0 Å². The van der Waals surface area contributed by atoms with Gasteiger partial charge in [-0.3, -0.25) is 0 Å². The molecule has 0 unspecified atom stereocenters. The van der Waals surface area contributed by atoms with Crippen molar-refractivity contribution in [2.24, 2.45) is 0 Å². The predicted molar refractivity (Wildman–Crippen MR) is 463 cm³/mol. The summed E-state index contributed by atoms with van der Waals surface area (Å²) < 4.78 is 41.7. The molecule has 0 spiro atoms. The van der Waals surface area contributed by atoms with E-state index in [0.717, 1.165) is 0 Å². The van der Waals surface area contributed by atoms with Crippen LogP contribution < -0.4 is 14.3 Å². The van der Waals surface area contributed by atoms with Gasteiger partial charge in [0.2, 0.25) is 0 Å². The average molecular weight is 1860 g/mol. The topological polar surface area (TPSA) is 163 Å². The third-order valence-electron chi connectivity index (χ3n) is 21.4. The van der Waals surface area contributed by atoms with Crippen LogP contribution >= 0.6 is 0 Å². The molecule has 556 valence electrons. The summed E-state index contributed by atoms with van der Waals surface area (Å²) in [5.74, 6) is 0. The van der Waals surface area contributed by atoms with Crippen molar-refractivity contribution in [2.45, 2.75) is 166 Å². The van der Waals surface area contributed by atoms with E-state index in [0.29, 0.717) is 0 Å². The summed E-state index contributed by atoms with van der Waals surface area (Å²) in [7, 11) is 0. The Balaban J connectivity index is 0.00000336. The molecule has 0 bridgehead atoms. The summed E-state index contributed by atoms with van der Waals surface area (Å²) in [4.78, 5) is 0. The molecule has 8 N–H and O–H groups in total. The van der Waals surface area contributed by atoms with Gasteiger partial charge in [-0.15, -0.1) is 0 Å². The molecule has 12 aromatic carbocycles.